The van der Waals surface area contributed by atoms with Gasteiger partial charge in [0.2, 0.25) is 5.91 Å². The van der Waals surface area contributed by atoms with E-state index in [4.69, 9.17) is 0 Å². The van der Waals surface area contributed by atoms with Gasteiger partial charge in [0.05, 0.1) is 18.8 Å². The first kappa shape index (κ1) is 50.6. The molecule has 0 bridgehead atoms. The van der Waals surface area contributed by atoms with Crippen molar-refractivity contribution >= 4 is 5.91 Å². The number of allylic oxidation sites excluding steroid dienone is 13. The molecule has 0 radical (unpaired) electrons. The van der Waals surface area contributed by atoms with Gasteiger partial charge in [-0.15, -0.1) is 0 Å². The van der Waals surface area contributed by atoms with Gasteiger partial charge < -0.3 is 15.5 Å². The average Bonchev–Trinajstić information content (AvgIpc) is 3.16. The van der Waals surface area contributed by atoms with Crippen LogP contribution in [0.3, 0.4) is 0 Å². The van der Waals surface area contributed by atoms with E-state index in [1.54, 1.807) is 6.08 Å². The van der Waals surface area contributed by atoms with Gasteiger partial charge in [0.15, 0.2) is 0 Å². The number of hydrogen-bond donors (Lipinski definition) is 3. The number of nitrogens with one attached hydrogen (secondary N) is 1. The predicted octanol–water partition coefficient (Wildman–Crippen LogP) is 14.1. The van der Waals surface area contributed by atoms with Gasteiger partial charge in [0, 0.05) is 6.42 Å². The minimum absolute atomic E-state index is 0.0729. The molecule has 0 saturated heterocycles. The van der Waals surface area contributed by atoms with Gasteiger partial charge in [-0.05, 0) is 70.6 Å². The number of hydrogen-bond acceptors (Lipinski definition) is 3. The smallest absolute Gasteiger partial charge is 0.220 e. The summed E-state index contributed by atoms with van der Waals surface area (Å²) in [5.41, 5.74) is 0. The van der Waals surface area contributed by atoms with Gasteiger partial charge in [-0.25, -0.2) is 0 Å². The Labute approximate surface area is 329 Å². The molecule has 0 fully saturated rings. The molecule has 4 nitrogen and oxygen atoms in total. The third-order valence-corrected chi connectivity index (χ3v) is 9.63. The molecule has 0 aromatic heterocycles. The van der Waals surface area contributed by atoms with Gasteiger partial charge in [-0.2, -0.15) is 0 Å². The molecule has 1 amide bonds. The fourth-order valence-corrected chi connectivity index (χ4v) is 6.24. The summed E-state index contributed by atoms with van der Waals surface area (Å²) in [6, 6.07) is -0.621. The molecule has 0 aliphatic carbocycles. The second-order valence-corrected chi connectivity index (χ2v) is 14.7. The second kappa shape index (κ2) is 44.0. The monoisotopic (exact) mass is 736 g/mol. The first-order chi connectivity index (χ1) is 26.2. The molecule has 2 unspecified atom stereocenters. The van der Waals surface area contributed by atoms with Gasteiger partial charge in [0.25, 0.3) is 0 Å². The number of unbranched alkanes of at least 4 members (excludes halogenated alkanes) is 20. The van der Waals surface area contributed by atoms with Gasteiger partial charge in [-0.3, -0.25) is 4.79 Å². The molecule has 0 spiro atoms. The fraction of sp³-hybridized carbons (Fsp3) is 0.694. The topological polar surface area (TPSA) is 69.6 Å². The van der Waals surface area contributed by atoms with E-state index in [0.29, 0.717) is 6.42 Å². The zero-order valence-corrected chi connectivity index (χ0v) is 34.8. The fourth-order valence-electron chi connectivity index (χ4n) is 6.24. The highest BCUT2D eigenvalue weighted by atomic mass is 16.3. The van der Waals surface area contributed by atoms with Crippen LogP contribution < -0.4 is 5.32 Å². The molecule has 0 aliphatic heterocycles. The first-order valence-corrected chi connectivity index (χ1v) is 22.3. The molecule has 3 N–H and O–H groups in total. The Bertz CT molecular complexity index is 972. The molecule has 0 rings (SSSR count). The zero-order valence-electron chi connectivity index (χ0n) is 34.8. The van der Waals surface area contributed by atoms with Crippen molar-refractivity contribution in [2.75, 3.05) is 6.61 Å². The minimum Gasteiger partial charge on any atom is -0.394 e. The Hall–Kier alpha value is -2.43. The van der Waals surface area contributed by atoms with Crippen molar-refractivity contribution in [3.63, 3.8) is 0 Å². The maximum atomic E-state index is 12.3. The lowest BCUT2D eigenvalue weighted by molar-refractivity contribution is -0.123. The summed E-state index contributed by atoms with van der Waals surface area (Å²) >= 11 is 0. The molecule has 0 saturated carbocycles. The van der Waals surface area contributed by atoms with E-state index < -0.39 is 12.1 Å². The molecule has 0 heterocycles. The third-order valence-electron chi connectivity index (χ3n) is 9.63. The molecule has 0 aliphatic rings. The molecule has 4 heteroatoms. The van der Waals surface area contributed by atoms with Crippen LogP contribution in [0.2, 0.25) is 0 Å². The Morgan fingerprint density at radius 2 is 0.830 bits per heavy atom. The summed E-state index contributed by atoms with van der Waals surface area (Å²) in [4.78, 5) is 12.3. The standard InChI is InChI=1S/C49H85NO3/c1-3-5-7-9-11-12-13-14-15-16-17-18-19-20-21-22-23-24-25-26-27-28-29-30-31-32-33-34-35-36-37-38-39-41-43-45-49(53)50-47(46-51)48(52)44-42-40-10-8-6-4-2/h5,7,11-12,14-15,17-18,20-21,23-24,42,44,47-48,51-52H,3-4,6,8-10,13,16,19,22,25-41,43,45-46H2,1-2H3,(H,50,53)/b7-5-,12-11-,15-14-,18-17-,21-20-,24-23-,44-42+. The molecule has 0 aromatic rings. The van der Waals surface area contributed by atoms with Crippen molar-refractivity contribution < 1.29 is 15.0 Å². The van der Waals surface area contributed by atoms with Gasteiger partial charge in [0.1, 0.15) is 0 Å². The molecular formula is C49H85NO3. The Kier molecular flexibility index (Phi) is 42.0. The van der Waals surface area contributed by atoms with Crippen LogP contribution in [0.15, 0.2) is 85.1 Å². The van der Waals surface area contributed by atoms with Crippen LogP contribution in [0, 0.1) is 0 Å². The second-order valence-electron chi connectivity index (χ2n) is 14.7. The van der Waals surface area contributed by atoms with Crippen LogP contribution >= 0.6 is 0 Å². The highest BCUT2D eigenvalue weighted by molar-refractivity contribution is 5.76. The van der Waals surface area contributed by atoms with Crippen molar-refractivity contribution in [3.8, 4) is 0 Å². The van der Waals surface area contributed by atoms with Crippen LogP contribution in [0.1, 0.15) is 200 Å². The zero-order chi connectivity index (χ0) is 38.6. The quantitative estimate of drug-likeness (QED) is 0.0435. The normalized spacial score (nSPS) is 13.8. The average molecular weight is 736 g/mol. The molecule has 304 valence electrons. The lowest BCUT2D eigenvalue weighted by atomic mass is 10.0. The Morgan fingerprint density at radius 1 is 0.472 bits per heavy atom. The molecule has 2 atom stereocenters. The van der Waals surface area contributed by atoms with Crippen molar-refractivity contribution in [2.45, 2.75) is 212 Å². The van der Waals surface area contributed by atoms with E-state index in [1.807, 2.05) is 6.08 Å². The van der Waals surface area contributed by atoms with E-state index in [-0.39, 0.29) is 12.5 Å². The summed E-state index contributed by atoms with van der Waals surface area (Å²) in [7, 11) is 0. The van der Waals surface area contributed by atoms with Crippen molar-refractivity contribution in [1.82, 2.24) is 5.32 Å². The number of carbonyl (C=O) groups excluding carboxylic acids is 1. The Morgan fingerprint density at radius 3 is 1.25 bits per heavy atom. The summed E-state index contributed by atoms with van der Waals surface area (Å²) < 4.78 is 0. The minimum atomic E-state index is -0.837. The SMILES string of the molecule is CC/C=C\C/C=C\C/C=C\C/C=C\C/C=C\C/C=C\CCCCCCCCCCCCCCCCCCC(=O)NC(CO)C(O)/C=C/CCCCCC. The maximum Gasteiger partial charge on any atom is 0.220 e. The molecule has 53 heavy (non-hydrogen) atoms. The van der Waals surface area contributed by atoms with Gasteiger partial charge >= 0.3 is 0 Å². The largest absolute Gasteiger partial charge is 0.394 e. The van der Waals surface area contributed by atoms with E-state index in [2.05, 4.69) is 92.1 Å². The predicted molar refractivity (Wildman–Crippen MR) is 234 cm³/mol. The number of aliphatic hydroxyl groups excluding tert-OH is 2. The van der Waals surface area contributed by atoms with Gasteiger partial charge in [-0.1, -0.05) is 208 Å². The van der Waals surface area contributed by atoms with E-state index in [9.17, 15) is 15.0 Å². The molecular weight excluding hydrogens is 651 g/mol. The lowest BCUT2D eigenvalue weighted by Crippen LogP contribution is -2.45. The summed E-state index contributed by atoms with van der Waals surface area (Å²) in [6.45, 7) is 4.11. The summed E-state index contributed by atoms with van der Waals surface area (Å²) in [5, 5.41) is 22.7. The van der Waals surface area contributed by atoms with E-state index >= 15 is 0 Å². The number of amides is 1. The summed E-state index contributed by atoms with van der Waals surface area (Å²) in [5.74, 6) is -0.0729. The van der Waals surface area contributed by atoms with Crippen molar-refractivity contribution in [3.05, 3.63) is 85.1 Å². The lowest BCUT2D eigenvalue weighted by Gasteiger charge is -2.20. The Balaban J connectivity index is 3.46. The number of aliphatic hydroxyl groups is 2. The number of rotatable bonds is 39. The molecule has 0 aromatic carbocycles. The highest BCUT2D eigenvalue weighted by Crippen LogP contribution is 2.15. The summed E-state index contributed by atoms with van der Waals surface area (Å²) in [6.07, 6.45) is 64.4. The highest BCUT2D eigenvalue weighted by Gasteiger charge is 2.17. The third kappa shape index (κ3) is 40.6. The van der Waals surface area contributed by atoms with E-state index in [0.717, 1.165) is 64.2 Å². The van der Waals surface area contributed by atoms with E-state index in [1.165, 1.54) is 116 Å². The van der Waals surface area contributed by atoms with Crippen LogP contribution in [-0.4, -0.2) is 34.9 Å². The van der Waals surface area contributed by atoms with Crippen molar-refractivity contribution in [2.24, 2.45) is 0 Å². The van der Waals surface area contributed by atoms with Crippen LogP contribution in [0.4, 0.5) is 0 Å². The first-order valence-electron chi connectivity index (χ1n) is 22.3. The van der Waals surface area contributed by atoms with Crippen LogP contribution in [0.25, 0.3) is 0 Å². The maximum absolute atomic E-state index is 12.3. The number of carbonyl (C=O) groups is 1. The van der Waals surface area contributed by atoms with Crippen LogP contribution in [-0.2, 0) is 4.79 Å². The van der Waals surface area contributed by atoms with Crippen molar-refractivity contribution in [1.29, 1.82) is 0 Å². The van der Waals surface area contributed by atoms with Crippen LogP contribution in [0.5, 0.6) is 0 Å².